The van der Waals surface area contributed by atoms with Gasteiger partial charge in [-0.05, 0) is 55.5 Å². The number of carbonyl (C=O) groups is 2. The van der Waals surface area contributed by atoms with E-state index in [0.29, 0.717) is 12.5 Å². The van der Waals surface area contributed by atoms with Gasteiger partial charge >= 0.3 is 0 Å². The minimum Gasteiger partial charge on any atom is -0.299 e. The number of halogens is 1. The van der Waals surface area contributed by atoms with Crippen molar-refractivity contribution in [3.8, 4) is 0 Å². The Morgan fingerprint density at radius 1 is 1.00 bits per heavy atom. The van der Waals surface area contributed by atoms with E-state index in [-0.39, 0.29) is 24.2 Å². The molecule has 160 valence electrons. The largest absolute Gasteiger partial charge is 0.299 e. The maximum absolute atomic E-state index is 12.5. The first kappa shape index (κ1) is 23.8. The zero-order valence-corrected chi connectivity index (χ0v) is 18.4. The van der Waals surface area contributed by atoms with E-state index in [0.717, 1.165) is 44.5 Å². The van der Waals surface area contributed by atoms with E-state index in [9.17, 15) is 9.59 Å². The molecule has 0 N–H and O–H groups in total. The van der Waals surface area contributed by atoms with Gasteiger partial charge in [0.2, 0.25) is 5.91 Å². The van der Waals surface area contributed by atoms with Crippen LogP contribution in [0.3, 0.4) is 0 Å². The van der Waals surface area contributed by atoms with Crippen molar-refractivity contribution in [3.63, 3.8) is 0 Å². The van der Waals surface area contributed by atoms with E-state index in [1.165, 1.54) is 23.5 Å². The van der Waals surface area contributed by atoms with Crippen LogP contribution in [0.1, 0.15) is 37.3 Å². The molecule has 0 aliphatic carbocycles. The number of hydrogen-bond acceptors (Lipinski definition) is 3. The van der Waals surface area contributed by atoms with Crippen LogP contribution in [0.25, 0.3) is 6.08 Å². The Bertz CT molecular complexity index is 816. The highest BCUT2D eigenvalue weighted by Crippen LogP contribution is 2.22. The van der Waals surface area contributed by atoms with Crippen LogP contribution in [-0.2, 0) is 16.1 Å². The van der Waals surface area contributed by atoms with Gasteiger partial charge in [-0.15, -0.1) is 12.4 Å². The summed E-state index contributed by atoms with van der Waals surface area (Å²) in [4.78, 5) is 28.3. The Balaban J connectivity index is 0.00000320. The van der Waals surface area contributed by atoms with Gasteiger partial charge in [-0.3, -0.25) is 19.4 Å². The third kappa shape index (κ3) is 7.43. The van der Waals surface area contributed by atoms with Gasteiger partial charge in [-0.2, -0.15) is 0 Å². The molecule has 0 aromatic heterocycles. The van der Waals surface area contributed by atoms with Crippen LogP contribution in [0.2, 0.25) is 0 Å². The molecule has 0 atom stereocenters. The summed E-state index contributed by atoms with van der Waals surface area (Å²) in [6, 6.07) is 20.2. The van der Waals surface area contributed by atoms with Gasteiger partial charge in [-0.1, -0.05) is 60.7 Å². The molecule has 30 heavy (non-hydrogen) atoms. The molecular weight excluding hydrogens is 396 g/mol. The topological polar surface area (TPSA) is 40.6 Å². The highest BCUT2D eigenvalue weighted by molar-refractivity contribution is 6.02. The quantitative estimate of drug-likeness (QED) is 0.597. The molecular formula is C25H31ClN2O2. The van der Waals surface area contributed by atoms with Gasteiger partial charge < -0.3 is 0 Å². The summed E-state index contributed by atoms with van der Waals surface area (Å²) in [5.74, 6) is 0.145. The number of piperidine rings is 1. The van der Waals surface area contributed by atoms with Crippen LogP contribution < -0.4 is 0 Å². The Labute approximate surface area is 186 Å². The van der Waals surface area contributed by atoms with Crippen molar-refractivity contribution in [2.45, 2.75) is 32.7 Å². The Morgan fingerprint density at radius 2 is 1.60 bits per heavy atom. The highest BCUT2D eigenvalue weighted by Gasteiger charge is 2.22. The van der Waals surface area contributed by atoms with Crippen molar-refractivity contribution in [2.24, 2.45) is 5.92 Å². The smallest absolute Gasteiger partial charge is 0.253 e. The predicted molar refractivity (Wildman–Crippen MR) is 124 cm³/mol. The van der Waals surface area contributed by atoms with E-state index < -0.39 is 0 Å². The summed E-state index contributed by atoms with van der Waals surface area (Å²) in [7, 11) is 0. The van der Waals surface area contributed by atoms with Crippen LogP contribution >= 0.6 is 12.4 Å². The lowest BCUT2D eigenvalue weighted by Crippen LogP contribution is -2.38. The first-order valence-electron chi connectivity index (χ1n) is 10.4. The molecule has 1 fully saturated rings. The first-order chi connectivity index (χ1) is 14.1. The van der Waals surface area contributed by atoms with Crippen molar-refractivity contribution >= 4 is 30.3 Å². The second-order valence-corrected chi connectivity index (χ2v) is 7.75. The van der Waals surface area contributed by atoms with E-state index in [2.05, 4.69) is 29.2 Å². The fourth-order valence-corrected chi connectivity index (χ4v) is 3.83. The fraction of sp³-hybridized carbons (Fsp3) is 0.360. The van der Waals surface area contributed by atoms with Gasteiger partial charge in [0.05, 0.1) is 0 Å². The number of likely N-dealkylation sites (tertiary alicyclic amines) is 1. The summed E-state index contributed by atoms with van der Waals surface area (Å²) in [6.07, 6.45) is 6.38. The lowest BCUT2D eigenvalue weighted by Gasteiger charge is -2.32. The van der Waals surface area contributed by atoms with E-state index in [4.69, 9.17) is 0 Å². The number of carbonyl (C=O) groups excluding carboxylic acids is 2. The van der Waals surface area contributed by atoms with Gasteiger partial charge in [-0.25, -0.2) is 0 Å². The Hall–Kier alpha value is -2.43. The summed E-state index contributed by atoms with van der Waals surface area (Å²) in [5, 5.41) is 0. The molecule has 2 aromatic carbocycles. The standard InChI is InChI=1S/C25H30N2O2.ClH/c1-21(28)27(25(29)13-12-22-8-4-2-5-9-22)19-16-23-14-17-26(18-15-23)20-24-10-6-3-7-11-24;/h2-13,23H,14-20H2,1H3;1H/b13-12+;. The Morgan fingerprint density at radius 3 is 2.20 bits per heavy atom. The monoisotopic (exact) mass is 426 g/mol. The highest BCUT2D eigenvalue weighted by atomic mass is 35.5. The molecule has 1 heterocycles. The first-order valence-corrected chi connectivity index (χ1v) is 10.4. The normalized spacial score (nSPS) is 15.0. The van der Waals surface area contributed by atoms with Gasteiger partial charge in [0.1, 0.15) is 0 Å². The molecule has 0 unspecified atom stereocenters. The molecule has 1 aliphatic heterocycles. The summed E-state index contributed by atoms with van der Waals surface area (Å²) in [6.45, 7) is 5.10. The number of benzene rings is 2. The second-order valence-electron chi connectivity index (χ2n) is 7.75. The molecule has 4 nitrogen and oxygen atoms in total. The van der Waals surface area contributed by atoms with Crippen LogP contribution in [0, 0.1) is 5.92 Å². The molecule has 0 radical (unpaired) electrons. The minimum atomic E-state index is -0.233. The van der Waals surface area contributed by atoms with Crippen LogP contribution in [0.15, 0.2) is 66.7 Å². The number of hydrogen-bond donors (Lipinski definition) is 0. The number of imide groups is 1. The Kier molecular flexibility index (Phi) is 9.78. The van der Waals surface area contributed by atoms with Crippen LogP contribution in [0.4, 0.5) is 0 Å². The van der Waals surface area contributed by atoms with Crippen molar-refractivity contribution in [1.29, 1.82) is 0 Å². The predicted octanol–water partition coefficient (Wildman–Crippen LogP) is 4.80. The van der Waals surface area contributed by atoms with Crippen molar-refractivity contribution < 1.29 is 9.59 Å². The SMILES string of the molecule is CC(=O)N(CCC1CCN(Cc2ccccc2)CC1)C(=O)/C=C/c1ccccc1.Cl. The number of nitrogens with zero attached hydrogens (tertiary/aromatic N) is 2. The summed E-state index contributed by atoms with van der Waals surface area (Å²) in [5.41, 5.74) is 2.31. The molecule has 2 amide bonds. The molecule has 0 bridgehead atoms. The van der Waals surface area contributed by atoms with Crippen LogP contribution in [-0.4, -0.2) is 41.2 Å². The van der Waals surface area contributed by atoms with Crippen molar-refractivity contribution in [2.75, 3.05) is 19.6 Å². The minimum absolute atomic E-state index is 0. The second kappa shape index (κ2) is 12.3. The van der Waals surface area contributed by atoms with Crippen molar-refractivity contribution in [1.82, 2.24) is 9.80 Å². The number of rotatable bonds is 7. The van der Waals surface area contributed by atoms with Gasteiger partial charge in [0.25, 0.3) is 5.91 Å². The summed E-state index contributed by atoms with van der Waals surface area (Å²) < 4.78 is 0. The lowest BCUT2D eigenvalue weighted by atomic mass is 9.93. The maximum Gasteiger partial charge on any atom is 0.253 e. The van der Waals surface area contributed by atoms with Crippen LogP contribution in [0.5, 0.6) is 0 Å². The maximum atomic E-state index is 12.5. The van der Waals surface area contributed by atoms with Gasteiger partial charge in [0, 0.05) is 26.1 Å². The molecule has 1 saturated heterocycles. The molecule has 5 heteroatoms. The molecule has 2 aromatic rings. The molecule has 1 aliphatic rings. The average molecular weight is 427 g/mol. The zero-order valence-electron chi connectivity index (χ0n) is 17.6. The van der Waals surface area contributed by atoms with E-state index in [1.807, 2.05) is 36.4 Å². The van der Waals surface area contributed by atoms with Gasteiger partial charge in [0.15, 0.2) is 0 Å². The third-order valence-electron chi connectivity index (χ3n) is 5.58. The molecule has 3 rings (SSSR count). The molecule has 0 saturated carbocycles. The lowest BCUT2D eigenvalue weighted by molar-refractivity contribution is -0.140. The molecule has 0 spiro atoms. The van der Waals surface area contributed by atoms with E-state index >= 15 is 0 Å². The third-order valence-corrected chi connectivity index (χ3v) is 5.58. The van der Waals surface area contributed by atoms with Crippen molar-refractivity contribution in [3.05, 3.63) is 77.9 Å². The van der Waals surface area contributed by atoms with E-state index in [1.54, 1.807) is 6.08 Å². The zero-order chi connectivity index (χ0) is 20.5. The average Bonchev–Trinajstić information content (AvgIpc) is 2.75. The fourth-order valence-electron chi connectivity index (χ4n) is 3.83. The summed E-state index contributed by atoms with van der Waals surface area (Å²) >= 11 is 0. The number of amides is 2.